The van der Waals surface area contributed by atoms with Gasteiger partial charge in [0.15, 0.2) is 0 Å². The molecule has 3 atom stereocenters. The Labute approximate surface area is 113 Å². The molecular formula is C15H32N2O. The maximum absolute atomic E-state index is 9.34. The second-order valence-corrected chi connectivity index (χ2v) is 6.01. The van der Waals surface area contributed by atoms with Gasteiger partial charge in [-0.2, -0.15) is 0 Å². The van der Waals surface area contributed by atoms with E-state index in [4.69, 9.17) is 0 Å². The second kappa shape index (κ2) is 8.89. The summed E-state index contributed by atoms with van der Waals surface area (Å²) in [5, 5.41) is 13.1. The van der Waals surface area contributed by atoms with Crippen LogP contribution in [0.1, 0.15) is 52.4 Å². The van der Waals surface area contributed by atoms with Crippen molar-refractivity contribution in [3.63, 3.8) is 0 Å². The van der Waals surface area contributed by atoms with Gasteiger partial charge in [0.1, 0.15) is 0 Å². The largest absolute Gasteiger partial charge is 0.393 e. The fourth-order valence-corrected chi connectivity index (χ4v) is 2.92. The first-order chi connectivity index (χ1) is 8.63. The Morgan fingerprint density at radius 2 is 2.06 bits per heavy atom. The van der Waals surface area contributed by atoms with Gasteiger partial charge in [-0.1, -0.05) is 19.8 Å². The molecule has 1 saturated carbocycles. The van der Waals surface area contributed by atoms with Crippen LogP contribution in [-0.2, 0) is 0 Å². The SMILES string of the molecule is CCCNC1CCCCC1CN(C)CCC(C)O. The van der Waals surface area contributed by atoms with Crippen molar-refractivity contribution in [1.29, 1.82) is 0 Å². The molecule has 0 aliphatic heterocycles. The average molecular weight is 256 g/mol. The second-order valence-electron chi connectivity index (χ2n) is 6.01. The molecule has 0 saturated heterocycles. The summed E-state index contributed by atoms with van der Waals surface area (Å²) in [6.07, 6.45) is 7.41. The van der Waals surface area contributed by atoms with Crippen LogP contribution in [0.4, 0.5) is 0 Å². The van der Waals surface area contributed by atoms with Crippen molar-refractivity contribution in [2.24, 2.45) is 5.92 Å². The van der Waals surface area contributed by atoms with E-state index >= 15 is 0 Å². The molecule has 0 spiro atoms. The van der Waals surface area contributed by atoms with E-state index in [1.54, 1.807) is 0 Å². The first-order valence-corrected chi connectivity index (χ1v) is 7.73. The average Bonchev–Trinajstić information content (AvgIpc) is 2.35. The molecule has 0 amide bonds. The van der Waals surface area contributed by atoms with E-state index in [1.165, 1.54) is 38.6 Å². The fraction of sp³-hybridized carbons (Fsp3) is 1.00. The number of aliphatic hydroxyl groups is 1. The number of hydrogen-bond acceptors (Lipinski definition) is 3. The van der Waals surface area contributed by atoms with E-state index in [1.807, 2.05) is 6.92 Å². The summed E-state index contributed by atoms with van der Waals surface area (Å²) in [5.41, 5.74) is 0. The molecule has 0 aromatic heterocycles. The minimum atomic E-state index is -0.173. The highest BCUT2D eigenvalue weighted by Crippen LogP contribution is 2.25. The molecule has 0 heterocycles. The Morgan fingerprint density at radius 3 is 2.72 bits per heavy atom. The topological polar surface area (TPSA) is 35.5 Å². The van der Waals surface area contributed by atoms with Crippen molar-refractivity contribution in [3.8, 4) is 0 Å². The van der Waals surface area contributed by atoms with Gasteiger partial charge in [-0.3, -0.25) is 0 Å². The minimum absolute atomic E-state index is 0.173. The van der Waals surface area contributed by atoms with Crippen LogP contribution in [0.25, 0.3) is 0 Å². The highest BCUT2D eigenvalue weighted by atomic mass is 16.3. The summed E-state index contributed by atoms with van der Waals surface area (Å²) < 4.78 is 0. The van der Waals surface area contributed by atoms with Crippen molar-refractivity contribution >= 4 is 0 Å². The lowest BCUT2D eigenvalue weighted by molar-refractivity contribution is 0.145. The van der Waals surface area contributed by atoms with Gasteiger partial charge in [-0.05, 0) is 52.1 Å². The van der Waals surface area contributed by atoms with Crippen LogP contribution in [0.15, 0.2) is 0 Å². The maximum atomic E-state index is 9.34. The molecule has 1 aliphatic carbocycles. The van der Waals surface area contributed by atoms with Crippen molar-refractivity contribution < 1.29 is 5.11 Å². The monoisotopic (exact) mass is 256 g/mol. The Morgan fingerprint density at radius 1 is 1.33 bits per heavy atom. The molecule has 18 heavy (non-hydrogen) atoms. The van der Waals surface area contributed by atoms with Crippen LogP contribution < -0.4 is 5.32 Å². The van der Waals surface area contributed by atoms with Crippen molar-refractivity contribution in [2.45, 2.75) is 64.5 Å². The number of nitrogens with one attached hydrogen (secondary N) is 1. The summed E-state index contributed by atoms with van der Waals surface area (Å²) in [6, 6.07) is 0.715. The fourth-order valence-electron chi connectivity index (χ4n) is 2.92. The highest BCUT2D eigenvalue weighted by Gasteiger charge is 2.25. The smallest absolute Gasteiger partial charge is 0.0524 e. The number of nitrogens with zero attached hydrogens (tertiary/aromatic N) is 1. The summed E-state index contributed by atoms with van der Waals surface area (Å²) in [4.78, 5) is 2.39. The zero-order valence-electron chi connectivity index (χ0n) is 12.5. The zero-order chi connectivity index (χ0) is 13.4. The van der Waals surface area contributed by atoms with Gasteiger partial charge >= 0.3 is 0 Å². The predicted molar refractivity (Wildman–Crippen MR) is 77.8 cm³/mol. The van der Waals surface area contributed by atoms with Crippen LogP contribution in [0.5, 0.6) is 0 Å². The highest BCUT2D eigenvalue weighted by molar-refractivity contribution is 4.82. The Bertz CT molecular complexity index is 209. The summed E-state index contributed by atoms with van der Waals surface area (Å²) in [6.45, 7) is 7.45. The molecule has 3 heteroatoms. The van der Waals surface area contributed by atoms with Gasteiger partial charge in [0, 0.05) is 19.1 Å². The van der Waals surface area contributed by atoms with E-state index in [0.29, 0.717) is 6.04 Å². The maximum Gasteiger partial charge on any atom is 0.0524 e. The van der Waals surface area contributed by atoms with Crippen LogP contribution in [-0.4, -0.2) is 48.8 Å². The lowest BCUT2D eigenvalue weighted by Crippen LogP contribution is -2.44. The number of aliphatic hydroxyl groups excluding tert-OH is 1. The standard InChI is InChI=1S/C15H32N2O/c1-4-10-16-15-8-6-5-7-14(15)12-17(3)11-9-13(2)18/h13-16,18H,4-12H2,1-3H3. The molecular weight excluding hydrogens is 224 g/mol. The van der Waals surface area contributed by atoms with Gasteiger partial charge < -0.3 is 15.3 Å². The van der Waals surface area contributed by atoms with Crippen LogP contribution in [0, 0.1) is 5.92 Å². The normalized spacial score (nSPS) is 26.5. The molecule has 0 radical (unpaired) electrons. The van der Waals surface area contributed by atoms with E-state index in [2.05, 4.69) is 24.2 Å². The molecule has 1 aliphatic rings. The number of hydrogen-bond donors (Lipinski definition) is 2. The first kappa shape index (κ1) is 15.9. The van der Waals surface area contributed by atoms with Gasteiger partial charge in [0.2, 0.25) is 0 Å². The molecule has 1 rings (SSSR count). The molecule has 2 N–H and O–H groups in total. The zero-order valence-corrected chi connectivity index (χ0v) is 12.5. The van der Waals surface area contributed by atoms with Crippen molar-refractivity contribution in [2.75, 3.05) is 26.7 Å². The summed E-state index contributed by atoms with van der Waals surface area (Å²) >= 11 is 0. The van der Waals surface area contributed by atoms with Gasteiger partial charge in [-0.15, -0.1) is 0 Å². The van der Waals surface area contributed by atoms with Crippen molar-refractivity contribution in [1.82, 2.24) is 10.2 Å². The first-order valence-electron chi connectivity index (χ1n) is 7.73. The molecule has 3 nitrogen and oxygen atoms in total. The van der Waals surface area contributed by atoms with Crippen LogP contribution in [0.2, 0.25) is 0 Å². The van der Waals surface area contributed by atoms with E-state index in [0.717, 1.165) is 25.4 Å². The summed E-state index contributed by atoms with van der Waals surface area (Å²) in [7, 11) is 2.19. The third kappa shape index (κ3) is 6.17. The third-order valence-electron chi connectivity index (χ3n) is 4.04. The lowest BCUT2D eigenvalue weighted by Gasteiger charge is -2.35. The molecule has 0 aromatic rings. The lowest BCUT2D eigenvalue weighted by atomic mass is 9.84. The van der Waals surface area contributed by atoms with E-state index in [9.17, 15) is 5.11 Å². The molecule has 0 bridgehead atoms. The van der Waals surface area contributed by atoms with Gasteiger partial charge in [0.05, 0.1) is 6.10 Å². The van der Waals surface area contributed by atoms with E-state index in [-0.39, 0.29) is 6.10 Å². The van der Waals surface area contributed by atoms with Gasteiger partial charge in [-0.25, -0.2) is 0 Å². The molecule has 0 aromatic carbocycles. The van der Waals surface area contributed by atoms with Gasteiger partial charge in [0.25, 0.3) is 0 Å². The van der Waals surface area contributed by atoms with E-state index < -0.39 is 0 Å². The molecule has 108 valence electrons. The predicted octanol–water partition coefficient (Wildman–Crippen LogP) is 2.25. The minimum Gasteiger partial charge on any atom is -0.393 e. The summed E-state index contributed by atoms with van der Waals surface area (Å²) in [5.74, 6) is 0.796. The Kier molecular flexibility index (Phi) is 7.87. The molecule has 3 unspecified atom stereocenters. The quantitative estimate of drug-likeness (QED) is 0.699. The third-order valence-corrected chi connectivity index (χ3v) is 4.04. The Balaban J connectivity index is 2.31. The number of rotatable bonds is 8. The Hall–Kier alpha value is -0.120. The van der Waals surface area contributed by atoms with Crippen LogP contribution >= 0.6 is 0 Å². The van der Waals surface area contributed by atoms with Crippen molar-refractivity contribution in [3.05, 3.63) is 0 Å². The van der Waals surface area contributed by atoms with Crippen LogP contribution in [0.3, 0.4) is 0 Å². The molecule has 1 fully saturated rings.